The van der Waals surface area contributed by atoms with Crippen molar-refractivity contribution in [2.75, 3.05) is 13.1 Å². The number of piperidine rings is 1. The first kappa shape index (κ1) is 21.5. The third-order valence-electron chi connectivity index (χ3n) is 6.34. The van der Waals surface area contributed by atoms with Crippen LogP contribution in [-0.4, -0.2) is 32.8 Å². The molecule has 1 fully saturated rings. The second-order valence-electron chi connectivity index (χ2n) is 8.49. The number of aromatic amines is 2. The number of nitrogens with one attached hydrogen (secondary N) is 3. The van der Waals surface area contributed by atoms with Gasteiger partial charge in [-0.25, -0.2) is 4.98 Å². The lowest BCUT2D eigenvalue weighted by Gasteiger charge is -2.22. The molecular formula is C24H24F3N5O. The summed E-state index contributed by atoms with van der Waals surface area (Å²) in [5.41, 5.74) is 2.19. The zero-order chi connectivity index (χ0) is 23.0. The molecule has 2 aromatic heterocycles. The van der Waals surface area contributed by atoms with Crippen LogP contribution in [0.1, 0.15) is 30.4 Å². The van der Waals surface area contributed by atoms with Crippen LogP contribution in [0.4, 0.5) is 13.2 Å². The highest BCUT2D eigenvalue weighted by Crippen LogP contribution is 2.31. The van der Waals surface area contributed by atoms with E-state index in [-0.39, 0.29) is 5.56 Å². The molecule has 0 unspecified atom stereocenters. The molecule has 2 aromatic carbocycles. The van der Waals surface area contributed by atoms with Crippen LogP contribution in [0.3, 0.4) is 0 Å². The fraction of sp³-hybridized carbons (Fsp3) is 0.333. The molecule has 0 aliphatic carbocycles. The smallest absolute Gasteiger partial charge is 0.322 e. The van der Waals surface area contributed by atoms with E-state index in [0.29, 0.717) is 35.1 Å². The summed E-state index contributed by atoms with van der Waals surface area (Å²) in [5.74, 6) is 0.864. The highest BCUT2D eigenvalue weighted by molar-refractivity contribution is 5.76. The summed E-state index contributed by atoms with van der Waals surface area (Å²) in [7, 11) is 0. The largest absolute Gasteiger partial charge is 0.416 e. The van der Waals surface area contributed by atoms with E-state index in [0.717, 1.165) is 55.5 Å². The number of nitrogens with zero attached hydrogens (tertiary/aromatic N) is 2. The number of para-hydroxylation sites is 2. The van der Waals surface area contributed by atoms with Crippen molar-refractivity contribution < 1.29 is 13.2 Å². The van der Waals surface area contributed by atoms with Crippen LogP contribution in [0.15, 0.2) is 53.3 Å². The summed E-state index contributed by atoms with van der Waals surface area (Å²) in [6, 6.07) is 12.4. The van der Waals surface area contributed by atoms with Crippen molar-refractivity contribution in [2.24, 2.45) is 5.92 Å². The van der Waals surface area contributed by atoms with Crippen LogP contribution in [0, 0.1) is 5.92 Å². The number of alkyl halides is 3. The molecule has 172 valence electrons. The molecule has 1 aliphatic rings. The Bertz CT molecular complexity index is 1280. The Hall–Kier alpha value is -3.33. The number of aromatic nitrogens is 4. The highest BCUT2D eigenvalue weighted by Gasteiger charge is 2.30. The normalized spacial score (nSPS) is 15.4. The predicted octanol–water partition coefficient (Wildman–Crippen LogP) is 4.66. The summed E-state index contributed by atoms with van der Waals surface area (Å²) in [4.78, 5) is 21.1. The van der Waals surface area contributed by atoms with Gasteiger partial charge in [0.2, 0.25) is 5.95 Å². The van der Waals surface area contributed by atoms with Gasteiger partial charge < -0.3 is 10.3 Å². The number of hydrogen-bond donors (Lipinski definition) is 3. The van der Waals surface area contributed by atoms with E-state index >= 15 is 0 Å². The first-order chi connectivity index (χ1) is 15.9. The Morgan fingerprint density at radius 3 is 2.45 bits per heavy atom. The molecule has 0 amide bonds. The second-order valence-corrected chi connectivity index (χ2v) is 8.49. The maximum atomic E-state index is 13.4. The Morgan fingerprint density at radius 2 is 1.76 bits per heavy atom. The SMILES string of the molecule is O=c1c(CCC2CCNCC2)c(-c2ccc(C(F)(F)F)cc2)[nH]n1-c1nc2ccccc2[nH]1. The monoisotopic (exact) mass is 455 g/mol. The molecule has 6 nitrogen and oxygen atoms in total. The molecule has 9 heteroatoms. The van der Waals surface area contributed by atoms with Gasteiger partial charge in [0.15, 0.2) is 0 Å². The molecule has 33 heavy (non-hydrogen) atoms. The zero-order valence-corrected chi connectivity index (χ0v) is 17.9. The van der Waals surface area contributed by atoms with E-state index in [4.69, 9.17) is 0 Å². The van der Waals surface area contributed by atoms with E-state index < -0.39 is 11.7 Å². The summed E-state index contributed by atoms with van der Waals surface area (Å²) in [6.45, 7) is 1.93. The van der Waals surface area contributed by atoms with Gasteiger partial charge in [-0.05, 0) is 74.5 Å². The second kappa shape index (κ2) is 8.55. The van der Waals surface area contributed by atoms with Gasteiger partial charge in [-0.2, -0.15) is 17.9 Å². The third kappa shape index (κ3) is 4.32. The van der Waals surface area contributed by atoms with Crippen LogP contribution < -0.4 is 10.9 Å². The lowest BCUT2D eigenvalue weighted by molar-refractivity contribution is -0.137. The molecule has 0 saturated carbocycles. The Labute approximate surface area is 187 Å². The number of halogens is 3. The average Bonchev–Trinajstić information content (AvgIpc) is 3.38. The molecule has 3 heterocycles. The van der Waals surface area contributed by atoms with Crippen molar-refractivity contribution in [2.45, 2.75) is 31.9 Å². The van der Waals surface area contributed by atoms with Crippen molar-refractivity contribution in [3.05, 3.63) is 70.0 Å². The minimum atomic E-state index is -4.41. The molecule has 0 atom stereocenters. The minimum absolute atomic E-state index is 0.238. The molecule has 0 radical (unpaired) electrons. The Balaban J connectivity index is 1.55. The topological polar surface area (TPSA) is 78.5 Å². The number of fused-ring (bicyclic) bond motifs is 1. The highest BCUT2D eigenvalue weighted by atomic mass is 19.4. The number of H-pyrrole nitrogens is 2. The van der Waals surface area contributed by atoms with Gasteiger partial charge in [-0.3, -0.25) is 9.89 Å². The van der Waals surface area contributed by atoms with Gasteiger partial charge >= 0.3 is 6.18 Å². The summed E-state index contributed by atoms with van der Waals surface area (Å²) in [6.07, 6.45) is -0.911. The van der Waals surface area contributed by atoms with E-state index in [1.165, 1.54) is 16.8 Å². The standard InChI is InChI=1S/C24H24F3N5O/c25-24(26,27)17-8-6-16(7-9-17)21-18(10-5-15-11-13-28-14-12-15)22(33)32(31-21)23-29-19-3-1-2-4-20(19)30-23/h1-4,6-9,15,28,31H,5,10-14H2,(H,29,30). The van der Waals surface area contributed by atoms with Crippen LogP contribution in [0.5, 0.6) is 0 Å². The summed E-state index contributed by atoms with van der Waals surface area (Å²) >= 11 is 0. The third-order valence-corrected chi connectivity index (χ3v) is 6.34. The van der Waals surface area contributed by atoms with Crippen molar-refractivity contribution in [1.29, 1.82) is 0 Å². The fourth-order valence-electron chi connectivity index (χ4n) is 4.48. The number of hydrogen-bond acceptors (Lipinski definition) is 3. The molecule has 3 N–H and O–H groups in total. The summed E-state index contributed by atoms with van der Waals surface area (Å²) < 4.78 is 40.5. The van der Waals surface area contributed by atoms with Crippen molar-refractivity contribution >= 4 is 11.0 Å². The average molecular weight is 455 g/mol. The van der Waals surface area contributed by atoms with Crippen LogP contribution >= 0.6 is 0 Å². The Morgan fingerprint density at radius 1 is 1.03 bits per heavy atom. The molecule has 0 bridgehead atoms. The zero-order valence-electron chi connectivity index (χ0n) is 17.9. The molecule has 1 aliphatic heterocycles. The summed E-state index contributed by atoms with van der Waals surface area (Å²) in [5, 5.41) is 6.45. The van der Waals surface area contributed by atoms with Crippen molar-refractivity contribution in [1.82, 2.24) is 25.1 Å². The first-order valence-corrected chi connectivity index (χ1v) is 11.1. The first-order valence-electron chi connectivity index (χ1n) is 11.1. The van der Waals surface area contributed by atoms with Gasteiger partial charge in [0.25, 0.3) is 5.56 Å². The van der Waals surface area contributed by atoms with Crippen molar-refractivity contribution in [3.8, 4) is 17.2 Å². The van der Waals surface area contributed by atoms with Crippen LogP contribution in [0.2, 0.25) is 0 Å². The molecule has 5 rings (SSSR count). The Kier molecular flexibility index (Phi) is 5.57. The fourth-order valence-corrected chi connectivity index (χ4v) is 4.48. The number of benzene rings is 2. The molecular weight excluding hydrogens is 431 g/mol. The van der Waals surface area contributed by atoms with E-state index in [2.05, 4.69) is 20.4 Å². The van der Waals surface area contributed by atoms with Gasteiger partial charge in [0.05, 0.1) is 22.3 Å². The van der Waals surface area contributed by atoms with Crippen molar-refractivity contribution in [3.63, 3.8) is 0 Å². The molecule has 1 saturated heterocycles. The van der Waals surface area contributed by atoms with Gasteiger partial charge in [0.1, 0.15) is 0 Å². The van der Waals surface area contributed by atoms with E-state index in [9.17, 15) is 18.0 Å². The van der Waals surface area contributed by atoms with Crippen LogP contribution in [0.25, 0.3) is 28.2 Å². The quantitative estimate of drug-likeness (QED) is 0.410. The predicted molar refractivity (Wildman–Crippen MR) is 120 cm³/mol. The number of imidazole rings is 1. The van der Waals surface area contributed by atoms with E-state index in [1.54, 1.807) is 0 Å². The lowest BCUT2D eigenvalue weighted by Crippen LogP contribution is -2.28. The molecule has 0 spiro atoms. The number of rotatable bonds is 5. The van der Waals surface area contributed by atoms with Gasteiger partial charge in [-0.1, -0.05) is 24.3 Å². The molecule has 4 aromatic rings. The minimum Gasteiger partial charge on any atom is -0.322 e. The maximum absolute atomic E-state index is 13.4. The van der Waals surface area contributed by atoms with Gasteiger partial charge in [0, 0.05) is 5.56 Å². The van der Waals surface area contributed by atoms with Crippen LogP contribution in [-0.2, 0) is 12.6 Å². The lowest BCUT2D eigenvalue weighted by atomic mass is 9.91. The van der Waals surface area contributed by atoms with Gasteiger partial charge in [-0.15, -0.1) is 0 Å². The maximum Gasteiger partial charge on any atom is 0.416 e. The van der Waals surface area contributed by atoms with E-state index in [1.807, 2.05) is 24.3 Å².